The number of carboxylic acids is 1. The zero-order chi connectivity index (χ0) is 16.4. The molecular weight excluding hydrogens is 292 g/mol. The highest BCUT2D eigenvalue weighted by molar-refractivity contribution is 7.84. The molecule has 1 rings (SSSR count). The van der Waals surface area contributed by atoms with Gasteiger partial charge in [-0.05, 0) is 41.5 Å². The Hall–Kier alpha value is -1.28. The summed E-state index contributed by atoms with van der Waals surface area (Å²) in [6.45, 7) is 11.4. The zero-order valence-corrected chi connectivity index (χ0v) is 14.2. The molecule has 1 heterocycles. The molecule has 0 aromatic carbocycles. The maximum absolute atomic E-state index is 12.4. The van der Waals surface area contributed by atoms with E-state index in [4.69, 9.17) is 0 Å². The molecule has 0 saturated carbocycles. The molecule has 0 aliphatic heterocycles. The molecule has 0 radical (unpaired) electrons. The van der Waals surface area contributed by atoms with E-state index >= 15 is 0 Å². The van der Waals surface area contributed by atoms with Gasteiger partial charge in [-0.15, -0.1) is 0 Å². The minimum atomic E-state index is -1.42. The van der Waals surface area contributed by atoms with Gasteiger partial charge in [-0.25, -0.2) is 18.6 Å². The SMILES string of the molecule is CCn1nc(C)nc1[C@](C)(CC(=O)O)N[S@](=O)C(C)(C)C. The predicted octanol–water partition coefficient (Wildman–Crippen LogP) is 1.35. The van der Waals surface area contributed by atoms with Gasteiger partial charge in [-0.1, -0.05) is 0 Å². The molecule has 1 aromatic rings. The highest BCUT2D eigenvalue weighted by atomic mass is 32.2. The van der Waals surface area contributed by atoms with Gasteiger partial charge >= 0.3 is 5.97 Å². The number of rotatable bonds is 6. The second kappa shape index (κ2) is 6.23. The number of carbonyl (C=O) groups is 1. The number of carboxylic acid groups (broad SMARTS) is 1. The van der Waals surface area contributed by atoms with E-state index < -0.39 is 27.2 Å². The molecule has 0 spiro atoms. The van der Waals surface area contributed by atoms with Crippen LogP contribution in [-0.2, 0) is 27.9 Å². The molecule has 21 heavy (non-hydrogen) atoms. The summed E-state index contributed by atoms with van der Waals surface area (Å²) in [6.07, 6.45) is -0.229. The molecule has 0 aliphatic carbocycles. The maximum atomic E-state index is 12.4. The van der Waals surface area contributed by atoms with Crippen LogP contribution in [0.2, 0.25) is 0 Å². The van der Waals surface area contributed by atoms with Crippen molar-refractivity contribution < 1.29 is 14.1 Å². The minimum absolute atomic E-state index is 0.229. The van der Waals surface area contributed by atoms with Gasteiger partial charge in [-0.3, -0.25) is 4.79 Å². The van der Waals surface area contributed by atoms with E-state index in [9.17, 15) is 14.1 Å². The van der Waals surface area contributed by atoms with E-state index in [0.717, 1.165) is 0 Å². The minimum Gasteiger partial charge on any atom is -0.481 e. The summed E-state index contributed by atoms with van der Waals surface area (Å²) in [7, 11) is -1.42. The molecule has 0 fully saturated rings. The number of nitrogens with zero attached hydrogens (tertiary/aromatic N) is 3. The van der Waals surface area contributed by atoms with Crippen LogP contribution in [0.4, 0.5) is 0 Å². The Morgan fingerprint density at radius 3 is 2.38 bits per heavy atom. The van der Waals surface area contributed by atoms with E-state index in [1.807, 2.05) is 27.7 Å². The standard InChI is InChI=1S/C13H24N4O3S/c1-7-17-11(14-9(2)15-17)13(6,8-10(18)19)16-21(20)12(3,4)5/h16H,7-8H2,1-6H3,(H,18,19)/t13-,21+/m0/s1. The van der Waals surface area contributed by atoms with Gasteiger partial charge in [0.25, 0.3) is 0 Å². The molecule has 2 atom stereocenters. The lowest BCUT2D eigenvalue weighted by molar-refractivity contribution is -0.138. The Kier molecular flexibility index (Phi) is 5.27. The Morgan fingerprint density at radius 1 is 1.38 bits per heavy atom. The first kappa shape index (κ1) is 17.8. The lowest BCUT2D eigenvalue weighted by Crippen LogP contribution is -2.48. The molecular formula is C13H24N4O3S. The van der Waals surface area contributed by atoms with Crippen molar-refractivity contribution in [2.24, 2.45) is 0 Å². The molecule has 1 aromatic heterocycles. The van der Waals surface area contributed by atoms with Gasteiger partial charge in [0.15, 0.2) is 0 Å². The Labute approximate surface area is 127 Å². The number of aliphatic carboxylic acids is 1. The van der Waals surface area contributed by atoms with Crippen molar-refractivity contribution in [3.8, 4) is 0 Å². The molecule has 8 heteroatoms. The third-order valence-corrected chi connectivity index (χ3v) is 4.70. The summed E-state index contributed by atoms with van der Waals surface area (Å²) >= 11 is 0. The zero-order valence-electron chi connectivity index (χ0n) is 13.4. The molecule has 0 amide bonds. The van der Waals surface area contributed by atoms with Crippen molar-refractivity contribution in [1.29, 1.82) is 0 Å². The summed E-state index contributed by atoms with van der Waals surface area (Å²) < 4.78 is 16.5. The number of hydrogen-bond acceptors (Lipinski definition) is 4. The van der Waals surface area contributed by atoms with Crippen molar-refractivity contribution in [2.75, 3.05) is 0 Å². The Bertz CT molecular complexity index is 550. The average molecular weight is 316 g/mol. The van der Waals surface area contributed by atoms with E-state index in [0.29, 0.717) is 18.2 Å². The number of aromatic nitrogens is 3. The van der Waals surface area contributed by atoms with Gasteiger partial charge < -0.3 is 5.11 Å². The highest BCUT2D eigenvalue weighted by Gasteiger charge is 2.38. The van der Waals surface area contributed by atoms with Crippen molar-refractivity contribution in [3.05, 3.63) is 11.6 Å². The molecule has 120 valence electrons. The van der Waals surface area contributed by atoms with Crippen molar-refractivity contribution in [2.45, 2.75) is 64.8 Å². The van der Waals surface area contributed by atoms with E-state index in [-0.39, 0.29) is 6.42 Å². The molecule has 0 unspecified atom stereocenters. The van der Waals surface area contributed by atoms with Crippen LogP contribution in [0.25, 0.3) is 0 Å². The fourth-order valence-electron chi connectivity index (χ4n) is 1.91. The highest BCUT2D eigenvalue weighted by Crippen LogP contribution is 2.26. The van der Waals surface area contributed by atoms with E-state index in [2.05, 4.69) is 14.8 Å². The van der Waals surface area contributed by atoms with Crippen molar-refractivity contribution in [3.63, 3.8) is 0 Å². The van der Waals surface area contributed by atoms with Crippen LogP contribution in [0, 0.1) is 6.92 Å². The summed E-state index contributed by atoms with van der Waals surface area (Å²) in [4.78, 5) is 15.6. The smallest absolute Gasteiger partial charge is 0.305 e. The van der Waals surface area contributed by atoms with Gasteiger partial charge in [0.1, 0.15) is 11.6 Å². The third-order valence-electron chi connectivity index (χ3n) is 2.95. The van der Waals surface area contributed by atoms with Gasteiger partial charge in [0.2, 0.25) is 0 Å². The molecule has 7 nitrogen and oxygen atoms in total. The first-order valence-corrected chi connectivity index (χ1v) is 7.98. The normalized spacial score (nSPS) is 16.5. The summed E-state index contributed by atoms with van der Waals surface area (Å²) in [6, 6.07) is 0. The second-order valence-corrected chi connectivity index (χ2v) is 8.15. The summed E-state index contributed by atoms with van der Waals surface area (Å²) in [5.74, 6) is 0.0634. The number of hydrogen-bond donors (Lipinski definition) is 2. The first-order chi connectivity index (χ1) is 9.49. The van der Waals surface area contributed by atoms with Crippen LogP contribution in [-0.4, -0.2) is 34.8 Å². The maximum Gasteiger partial charge on any atom is 0.305 e. The van der Waals surface area contributed by atoms with Gasteiger partial charge in [0.05, 0.1) is 27.7 Å². The molecule has 0 aliphatic rings. The molecule has 2 N–H and O–H groups in total. The van der Waals surface area contributed by atoms with Crippen LogP contribution in [0.15, 0.2) is 0 Å². The van der Waals surface area contributed by atoms with E-state index in [1.54, 1.807) is 18.5 Å². The monoisotopic (exact) mass is 316 g/mol. The third kappa shape index (κ3) is 4.34. The molecule has 0 bridgehead atoms. The quantitative estimate of drug-likeness (QED) is 0.825. The van der Waals surface area contributed by atoms with Gasteiger partial charge in [-0.2, -0.15) is 5.10 Å². The van der Waals surface area contributed by atoms with Crippen LogP contribution < -0.4 is 4.72 Å². The largest absolute Gasteiger partial charge is 0.481 e. The summed E-state index contributed by atoms with van der Waals surface area (Å²) in [5.41, 5.74) is -1.05. The Balaban J connectivity index is 3.26. The van der Waals surface area contributed by atoms with Crippen molar-refractivity contribution >= 4 is 17.0 Å². The predicted molar refractivity (Wildman–Crippen MR) is 81.1 cm³/mol. The first-order valence-electron chi connectivity index (χ1n) is 6.83. The Morgan fingerprint density at radius 2 is 1.95 bits per heavy atom. The van der Waals surface area contributed by atoms with Crippen molar-refractivity contribution in [1.82, 2.24) is 19.5 Å². The van der Waals surface area contributed by atoms with Crippen LogP contribution >= 0.6 is 0 Å². The van der Waals surface area contributed by atoms with Gasteiger partial charge in [0, 0.05) is 6.54 Å². The lowest BCUT2D eigenvalue weighted by atomic mass is 9.98. The lowest BCUT2D eigenvalue weighted by Gasteiger charge is -2.31. The number of aryl methyl sites for hydroxylation is 2. The topological polar surface area (TPSA) is 97.1 Å². The van der Waals surface area contributed by atoms with E-state index in [1.165, 1.54) is 0 Å². The summed E-state index contributed by atoms with van der Waals surface area (Å²) in [5, 5.41) is 13.4. The fraction of sp³-hybridized carbons (Fsp3) is 0.769. The number of nitrogens with one attached hydrogen (secondary N) is 1. The van der Waals surface area contributed by atoms with Crippen LogP contribution in [0.5, 0.6) is 0 Å². The fourth-order valence-corrected chi connectivity index (χ4v) is 2.78. The van der Waals surface area contributed by atoms with Crippen LogP contribution in [0.3, 0.4) is 0 Å². The van der Waals surface area contributed by atoms with Crippen LogP contribution in [0.1, 0.15) is 52.7 Å². The molecule has 0 saturated heterocycles. The second-order valence-electron chi connectivity index (χ2n) is 6.18. The average Bonchev–Trinajstić information content (AvgIpc) is 2.68.